The number of unbranched alkanes of at least 4 members (excludes halogenated alkanes) is 15. The van der Waals surface area contributed by atoms with Crippen LogP contribution in [0, 0.1) is 0 Å². The second-order valence-electron chi connectivity index (χ2n) is 10.7. The number of benzene rings is 1. The zero-order chi connectivity index (χ0) is 24.7. The van der Waals surface area contributed by atoms with Gasteiger partial charge in [0.1, 0.15) is 5.82 Å². The van der Waals surface area contributed by atoms with Crippen molar-refractivity contribution in [1.82, 2.24) is 14.5 Å². The van der Waals surface area contributed by atoms with Crippen molar-refractivity contribution in [2.24, 2.45) is 0 Å². The topological polar surface area (TPSA) is 38.1 Å². The van der Waals surface area contributed by atoms with Crippen LogP contribution in [0.4, 0.5) is 0 Å². The summed E-state index contributed by atoms with van der Waals surface area (Å²) in [6.07, 6.45) is 22.9. The summed E-state index contributed by atoms with van der Waals surface area (Å²) >= 11 is 0. The van der Waals surface area contributed by atoms with E-state index in [4.69, 9.17) is 4.98 Å². The monoisotopic (exact) mass is 481 g/mol. The number of likely N-dealkylation sites (tertiary alicyclic amines) is 1. The van der Waals surface area contributed by atoms with Crippen LogP contribution < -0.4 is 0 Å². The van der Waals surface area contributed by atoms with Crippen LogP contribution >= 0.6 is 0 Å². The fourth-order valence-electron chi connectivity index (χ4n) is 5.71. The molecule has 0 N–H and O–H groups in total. The van der Waals surface area contributed by atoms with E-state index in [1.165, 1.54) is 108 Å². The summed E-state index contributed by atoms with van der Waals surface area (Å²) < 4.78 is 2.41. The van der Waals surface area contributed by atoms with E-state index in [-0.39, 0.29) is 11.8 Å². The molecule has 1 unspecified atom stereocenters. The molecule has 1 fully saturated rings. The second kappa shape index (κ2) is 16.0. The lowest BCUT2D eigenvalue weighted by Gasteiger charge is -2.15. The molecule has 1 aromatic carbocycles. The number of aryl methyl sites for hydroxylation is 1. The first-order chi connectivity index (χ1) is 17.2. The molecular weight excluding hydrogens is 430 g/mol. The van der Waals surface area contributed by atoms with Crippen LogP contribution in [0.3, 0.4) is 0 Å². The summed E-state index contributed by atoms with van der Waals surface area (Å²) in [6, 6.07) is 8.47. The summed E-state index contributed by atoms with van der Waals surface area (Å²) in [5.41, 5.74) is 2.30. The van der Waals surface area contributed by atoms with Crippen molar-refractivity contribution in [3.8, 4) is 0 Å². The molecule has 35 heavy (non-hydrogen) atoms. The van der Waals surface area contributed by atoms with Crippen molar-refractivity contribution in [1.29, 1.82) is 0 Å². The molecular formula is C31H51N3O. The van der Waals surface area contributed by atoms with E-state index < -0.39 is 0 Å². The molecule has 2 aromatic rings. The lowest BCUT2D eigenvalue weighted by molar-refractivity contribution is -0.127. The maximum absolute atomic E-state index is 12.3. The first-order valence-electron chi connectivity index (χ1n) is 15.0. The van der Waals surface area contributed by atoms with Crippen molar-refractivity contribution in [3.05, 3.63) is 30.1 Å². The zero-order valence-electron chi connectivity index (χ0n) is 22.8. The summed E-state index contributed by atoms with van der Waals surface area (Å²) in [5.74, 6) is 1.63. The quantitative estimate of drug-likeness (QED) is 0.188. The molecule has 0 bridgehead atoms. The highest BCUT2D eigenvalue weighted by Gasteiger charge is 2.32. The minimum Gasteiger partial charge on any atom is -0.342 e. The molecule has 0 saturated carbocycles. The van der Waals surface area contributed by atoms with E-state index in [0.29, 0.717) is 6.42 Å². The molecule has 196 valence electrons. The predicted molar refractivity (Wildman–Crippen MR) is 149 cm³/mol. The molecule has 1 aliphatic heterocycles. The summed E-state index contributed by atoms with van der Waals surface area (Å²) in [5, 5.41) is 0. The van der Waals surface area contributed by atoms with Crippen LogP contribution in [-0.4, -0.2) is 33.4 Å². The third kappa shape index (κ3) is 8.95. The molecule has 0 aliphatic carbocycles. The third-order valence-corrected chi connectivity index (χ3v) is 7.88. The minimum absolute atomic E-state index is 0.232. The Morgan fingerprint density at radius 1 is 0.771 bits per heavy atom. The molecule has 3 rings (SSSR count). The van der Waals surface area contributed by atoms with Gasteiger partial charge in [-0.25, -0.2) is 4.98 Å². The molecule has 4 heteroatoms. The fourth-order valence-corrected chi connectivity index (χ4v) is 5.71. The number of imidazole rings is 1. The zero-order valence-corrected chi connectivity index (χ0v) is 22.8. The van der Waals surface area contributed by atoms with E-state index >= 15 is 0 Å². The number of para-hydroxylation sites is 2. The van der Waals surface area contributed by atoms with Crippen molar-refractivity contribution in [2.75, 3.05) is 13.1 Å². The highest BCUT2D eigenvalue weighted by Crippen LogP contribution is 2.30. The maximum Gasteiger partial charge on any atom is 0.223 e. The van der Waals surface area contributed by atoms with Gasteiger partial charge in [0, 0.05) is 32.0 Å². The standard InChI is InChI=1S/C31H51N3O/c1-3-5-6-7-8-9-10-11-12-13-14-15-16-17-18-21-24-34-29-23-20-19-22-28(29)32-31(34)27-25-30(35)33(4-2)26-27/h19-20,22-23,27H,3-18,21,24-26H2,1-2H3. The van der Waals surface area contributed by atoms with Gasteiger partial charge >= 0.3 is 0 Å². The number of rotatable bonds is 19. The highest BCUT2D eigenvalue weighted by molar-refractivity contribution is 5.80. The van der Waals surface area contributed by atoms with Gasteiger partial charge in [0.05, 0.1) is 11.0 Å². The lowest BCUT2D eigenvalue weighted by Crippen LogP contribution is -2.24. The van der Waals surface area contributed by atoms with Gasteiger partial charge in [-0.2, -0.15) is 0 Å². The van der Waals surface area contributed by atoms with Crippen molar-refractivity contribution in [3.63, 3.8) is 0 Å². The van der Waals surface area contributed by atoms with Gasteiger partial charge in [-0.1, -0.05) is 115 Å². The Morgan fingerprint density at radius 2 is 1.31 bits per heavy atom. The number of carbonyl (C=O) groups is 1. The van der Waals surface area contributed by atoms with Gasteiger partial charge in [-0.3, -0.25) is 4.79 Å². The van der Waals surface area contributed by atoms with Gasteiger partial charge in [0.2, 0.25) is 5.91 Å². The molecule has 2 heterocycles. The summed E-state index contributed by atoms with van der Waals surface area (Å²) in [7, 11) is 0. The van der Waals surface area contributed by atoms with Crippen molar-refractivity contribution in [2.45, 2.75) is 135 Å². The normalized spacial score (nSPS) is 16.1. The largest absolute Gasteiger partial charge is 0.342 e. The Labute approximate surface area is 214 Å². The van der Waals surface area contributed by atoms with E-state index in [9.17, 15) is 4.79 Å². The average Bonchev–Trinajstić information content (AvgIpc) is 3.43. The highest BCUT2D eigenvalue weighted by atomic mass is 16.2. The van der Waals surface area contributed by atoms with Crippen LogP contribution in [0.15, 0.2) is 24.3 Å². The average molecular weight is 482 g/mol. The van der Waals surface area contributed by atoms with Crippen LogP contribution in [-0.2, 0) is 11.3 Å². The first kappa shape index (κ1) is 27.7. The number of fused-ring (bicyclic) bond motifs is 1. The number of amides is 1. The van der Waals surface area contributed by atoms with Gasteiger partial charge < -0.3 is 9.47 Å². The number of hydrogen-bond donors (Lipinski definition) is 0. The Bertz CT molecular complexity index is 858. The molecule has 1 atom stereocenters. The number of aromatic nitrogens is 2. The predicted octanol–water partition coefficient (Wildman–Crippen LogP) is 8.63. The van der Waals surface area contributed by atoms with Gasteiger partial charge in [0.15, 0.2) is 0 Å². The van der Waals surface area contributed by atoms with E-state index in [1.807, 2.05) is 4.90 Å². The molecule has 1 aliphatic rings. The Balaban J connectivity index is 1.28. The van der Waals surface area contributed by atoms with Crippen LogP contribution in [0.2, 0.25) is 0 Å². The molecule has 4 nitrogen and oxygen atoms in total. The van der Waals surface area contributed by atoms with Crippen molar-refractivity contribution < 1.29 is 4.79 Å². The number of carbonyl (C=O) groups excluding carboxylic acids is 1. The third-order valence-electron chi connectivity index (χ3n) is 7.88. The van der Waals surface area contributed by atoms with Gasteiger partial charge in [0.25, 0.3) is 0 Å². The van der Waals surface area contributed by atoms with Gasteiger partial charge in [-0.15, -0.1) is 0 Å². The molecule has 0 radical (unpaired) electrons. The number of likely N-dealkylation sites (N-methyl/N-ethyl adjacent to an activating group) is 1. The molecule has 1 aromatic heterocycles. The fraction of sp³-hybridized carbons (Fsp3) is 0.742. The van der Waals surface area contributed by atoms with E-state index in [1.54, 1.807) is 0 Å². The second-order valence-corrected chi connectivity index (χ2v) is 10.7. The number of nitrogens with zero attached hydrogens (tertiary/aromatic N) is 3. The molecule has 1 saturated heterocycles. The first-order valence-corrected chi connectivity index (χ1v) is 15.0. The number of hydrogen-bond acceptors (Lipinski definition) is 2. The van der Waals surface area contributed by atoms with Crippen LogP contribution in [0.1, 0.15) is 135 Å². The Kier molecular flexibility index (Phi) is 12.7. The van der Waals surface area contributed by atoms with E-state index in [0.717, 1.165) is 31.0 Å². The van der Waals surface area contributed by atoms with Crippen LogP contribution in [0.25, 0.3) is 11.0 Å². The van der Waals surface area contributed by atoms with Gasteiger partial charge in [-0.05, 0) is 25.5 Å². The lowest BCUT2D eigenvalue weighted by atomic mass is 10.0. The smallest absolute Gasteiger partial charge is 0.223 e. The summed E-state index contributed by atoms with van der Waals surface area (Å²) in [6.45, 7) is 7.00. The van der Waals surface area contributed by atoms with E-state index in [2.05, 4.69) is 42.7 Å². The molecule has 1 amide bonds. The Hall–Kier alpha value is -1.84. The van der Waals surface area contributed by atoms with Crippen LogP contribution in [0.5, 0.6) is 0 Å². The maximum atomic E-state index is 12.3. The SMILES string of the molecule is CCCCCCCCCCCCCCCCCCn1c(C2CC(=O)N(CC)C2)nc2ccccc21. The minimum atomic E-state index is 0.232. The Morgan fingerprint density at radius 3 is 1.86 bits per heavy atom. The molecule has 0 spiro atoms. The summed E-state index contributed by atoms with van der Waals surface area (Å²) in [4.78, 5) is 19.3. The van der Waals surface area contributed by atoms with Crippen molar-refractivity contribution >= 4 is 16.9 Å².